The number of aromatic carboxylic acids is 1. The smallest absolute Gasteiger partial charge is 0.354 e. The summed E-state index contributed by atoms with van der Waals surface area (Å²) >= 11 is 1.61. The number of aromatic nitrogens is 2. The molecule has 5 heteroatoms. The van der Waals surface area contributed by atoms with Crippen LogP contribution in [0.1, 0.15) is 27.5 Å². The Morgan fingerprint density at radius 1 is 1.57 bits per heavy atom. The number of carboxylic acids is 1. The molecule has 2 aromatic rings. The number of thiazole rings is 1. The predicted octanol–water partition coefficient (Wildman–Crippen LogP) is 1.58. The van der Waals surface area contributed by atoms with E-state index >= 15 is 0 Å². The lowest BCUT2D eigenvalue weighted by atomic mass is 10.3. The highest BCUT2D eigenvalue weighted by molar-refractivity contribution is 7.17. The van der Waals surface area contributed by atoms with Crippen molar-refractivity contribution in [2.24, 2.45) is 0 Å². The van der Waals surface area contributed by atoms with Crippen LogP contribution in [0.15, 0.2) is 6.20 Å². The summed E-state index contributed by atoms with van der Waals surface area (Å²) in [4.78, 5) is 17.1. The maximum Gasteiger partial charge on any atom is 0.354 e. The quantitative estimate of drug-likeness (QED) is 0.774. The molecule has 3 rings (SSSR count). The van der Waals surface area contributed by atoms with Crippen molar-refractivity contribution in [3.05, 3.63) is 22.5 Å². The molecule has 2 aromatic heterocycles. The molecule has 0 spiro atoms. The van der Waals surface area contributed by atoms with Crippen LogP contribution in [-0.2, 0) is 12.8 Å². The number of aryl methyl sites for hydroxylation is 2. The van der Waals surface area contributed by atoms with E-state index < -0.39 is 5.97 Å². The molecule has 1 aliphatic rings. The summed E-state index contributed by atoms with van der Waals surface area (Å²) in [5.74, 6) is -0.898. The third-order valence-electron chi connectivity index (χ3n) is 2.57. The molecule has 0 aliphatic heterocycles. The molecule has 4 nitrogen and oxygen atoms in total. The number of nitrogens with zero attached hydrogens (tertiary/aromatic N) is 2. The molecule has 1 N–H and O–H groups in total. The van der Waals surface area contributed by atoms with Gasteiger partial charge in [0, 0.05) is 10.6 Å². The van der Waals surface area contributed by atoms with Crippen LogP contribution in [0.25, 0.3) is 4.96 Å². The summed E-state index contributed by atoms with van der Waals surface area (Å²) in [5, 5.41) is 8.97. The topological polar surface area (TPSA) is 54.6 Å². The summed E-state index contributed by atoms with van der Waals surface area (Å²) in [6.07, 6.45) is 4.62. The number of imidazole rings is 1. The first-order valence-corrected chi connectivity index (χ1v) is 5.30. The van der Waals surface area contributed by atoms with Gasteiger partial charge in [-0.1, -0.05) is 0 Å². The van der Waals surface area contributed by atoms with Crippen LogP contribution in [-0.4, -0.2) is 20.5 Å². The molecule has 0 amide bonds. The van der Waals surface area contributed by atoms with Crippen LogP contribution >= 0.6 is 11.3 Å². The van der Waals surface area contributed by atoms with Gasteiger partial charge in [-0.2, -0.15) is 0 Å². The Morgan fingerprint density at radius 3 is 3.21 bits per heavy atom. The van der Waals surface area contributed by atoms with Crippen molar-refractivity contribution in [2.45, 2.75) is 19.3 Å². The summed E-state index contributed by atoms with van der Waals surface area (Å²) in [6, 6.07) is 0. The van der Waals surface area contributed by atoms with Crippen molar-refractivity contribution in [1.82, 2.24) is 9.38 Å². The van der Waals surface area contributed by atoms with Crippen molar-refractivity contribution in [1.29, 1.82) is 0 Å². The van der Waals surface area contributed by atoms with Crippen LogP contribution in [0.3, 0.4) is 0 Å². The van der Waals surface area contributed by atoms with Crippen LogP contribution in [0, 0.1) is 0 Å². The van der Waals surface area contributed by atoms with E-state index in [1.807, 2.05) is 0 Å². The van der Waals surface area contributed by atoms with Crippen LogP contribution in [0.2, 0.25) is 0 Å². The molecule has 0 fully saturated rings. The fraction of sp³-hybridized carbons (Fsp3) is 0.333. The van der Waals surface area contributed by atoms with E-state index in [-0.39, 0.29) is 0 Å². The maximum atomic E-state index is 10.9. The monoisotopic (exact) mass is 208 g/mol. The Hall–Kier alpha value is -1.36. The van der Waals surface area contributed by atoms with Gasteiger partial charge in [0.2, 0.25) is 0 Å². The Bertz CT molecular complexity index is 526. The zero-order valence-electron chi connectivity index (χ0n) is 7.36. The first-order valence-electron chi connectivity index (χ1n) is 4.48. The highest BCUT2D eigenvalue weighted by Crippen LogP contribution is 2.31. The number of fused-ring (bicyclic) bond motifs is 3. The Balaban J connectivity index is 2.37. The van der Waals surface area contributed by atoms with E-state index in [0.29, 0.717) is 5.69 Å². The molecular weight excluding hydrogens is 200 g/mol. The summed E-state index contributed by atoms with van der Waals surface area (Å²) in [7, 11) is 0. The zero-order valence-corrected chi connectivity index (χ0v) is 8.17. The largest absolute Gasteiger partial charge is 0.477 e. The number of carboxylic acid groups (broad SMARTS) is 1. The molecule has 0 radical (unpaired) electrons. The lowest BCUT2D eigenvalue weighted by Crippen LogP contribution is -2.02. The second kappa shape index (κ2) is 2.57. The van der Waals surface area contributed by atoms with Gasteiger partial charge in [-0.25, -0.2) is 9.78 Å². The van der Waals surface area contributed by atoms with E-state index in [0.717, 1.165) is 29.9 Å². The van der Waals surface area contributed by atoms with Crippen LogP contribution in [0.5, 0.6) is 0 Å². The maximum absolute atomic E-state index is 10.9. The van der Waals surface area contributed by atoms with Crippen molar-refractivity contribution < 1.29 is 9.90 Å². The average molecular weight is 208 g/mol. The lowest BCUT2D eigenvalue weighted by Gasteiger charge is -1.95. The van der Waals surface area contributed by atoms with Crippen molar-refractivity contribution in [2.75, 3.05) is 0 Å². The molecule has 0 atom stereocenters. The molecule has 0 unspecified atom stereocenters. The van der Waals surface area contributed by atoms with E-state index in [2.05, 4.69) is 4.98 Å². The second-order valence-corrected chi connectivity index (χ2v) is 4.45. The lowest BCUT2D eigenvalue weighted by molar-refractivity contribution is 0.0689. The Morgan fingerprint density at radius 2 is 2.43 bits per heavy atom. The number of carbonyl (C=O) groups is 1. The first-order chi connectivity index (χ1) is 6.77. The van der Waals surface area contributed by atoms with Crippen molar-refractivity contribution in [3.63, 3.8) is 0 Å². The van der Waals surface area contributed by atoms with Gasteiger partial charge in [-0.05, 0) is 19.3 Å². The standard InChI is InChI=1S/C9H8N2O2S/c12-8(13)6-4-10-9-11(6)5-2-1-3-7(5)14-9/h4H,1-3H2,(H,12,13). The van der Waals surface area contributed by atoms with Crippen molar-refractivity contribution in [3.8, 4) is 0 Å². The summed E-state index contributed by atoms with van der Waals surface area (Å²) < 4.78 is 1.79. The zero-order chi connectivity index (χ0) is 9.71. The Kier molecular flexibility index (Phi) is 1.47. The van der Waals surface area contributed by atoms with Gasteiger partial charge in [-0.3, -0.25) is 4.40 Å². The highest BCUT2D eigenvalue weighted by Gasteiger charge is 2.22. The molecule has 1 aliphatic carbocycles. The average Bonchev–Trinajstić information content (AvgIpc) is 2.70. The highest BCUT2D eigenvalue weighted by atomic mass is 32.1. The van der Waals surface area contributed by atoms with Gasteiger partial charge in [0.15, 0.2) is 10.7 Å². The second-order valence-electron chi connectivity index (χ2n) is 3.39. The van der Waals surface area contributed by atoms with E-state index in [1.54, 1.807) is 15.7 Å². The minimum absolute atomic E-state index is 0.291. The molecule has 0 aromatic carbocycles. The summed E-state index contributed by atoms with van der Waals surface area (Å²) in [5.41, 5.74) is 1.44. The molecule has 14 heavy (non-hydrogen) atoms. The van der Waals surface area contributed by atoms with Gasteiger partial charge in [0.25, 0.3) is 0 Å². The molecular formula is C9H8N2O2S. The van der Waals surface area contributed by atoms with Crippen molar-refractivity contribution >= 4 is 22.3 Å². The molecule has 2 heterocycles. The van der Waals surface area contributed by atoms with Crippen LogP contribution < -0.4 is 0 Å². The SMILES string of the molecule is O=C(O)c1cnc2sc3c(n12)CCC3. The molecule has 0 bridgehead atoms. The van der Waals surface area contributed by atoms with Gasteiger partial charge >= 0.3 is 5.97 Å². The molecule has 0 saturated heterocycles. The third kappa shape index (κ3) is 0.874. The van der Waals surface area contributed by atoms with Gasteiger partial charge in [-0.15, -0.1) is 11.3 Å². The summed E-state index contributed by atoms with van der Waals surface area (Å²) in [6.45, 7) is 0. The molecule has 0 saturated carbocycles. The van der Waals surface area contributed by atoms with Gasteiger partial charge in [0.1, 0.15) is 0 Å². The predicted molar refractivity (Wildman–Crippen MR) is 52.1 cm³/mol. The van der Waals surface area contributed by atoms with E-state index in [4.69, 9.17) is 5.11 Å². The third-order valence-corrected chi connectivity index (χ3v) is 3.73. The van der Waals surface area contributed by atoms with E-state index in [9.17, 15) is 4.79 Å². The number of hydrogen-bond acceptors (Lipinski definition) is 3. The van der Waals surface area contributed by atoms with Crippen LogP contribution in [0.4, 0.5) is 0 Å². The first kappa shape index (κ1) is 7.99. The number of rotatable bonds is 1. The normalized spacial score (nSPS) is 14.9. The minimum atomic E-state index is -0.898. The number of hydrogen-bond donors (Lipinski definition) is 1. The minimum Gasteiger partial charge on any atom is -0.477 e. The fourth-order valence-electron chi connectivity index (χ4n) is 1.98. The van der Waals surface area contributed by atoms with Gasteiger partial charge in [0.05, 0.1) is 6.20 Å². The Labute approximate surface area is 83.8 Å². The van der Waals surface area contributed by atoms with Gasteiger partial charge < -0.3 is 5.11 Å². The van der Waals surface area contributed by atoms with E-state index in [1.165, 1.54) is 11.1 Å². The molecule has 72 valence electrons. The fourth-order valence-corrected chi connectivity index (χ4v) is 3.16.